The van der Waals surface area contributed by atoms with E-state index in [1.165, 1.54) is 23.3 Å². The van der Waals surface area contributed by atoms with Crippen LogP contribution in [-0.2, 0) is 41.7 Å². The maximum Gasteiger partial charge on any atom is 0.416 e. The van der Waals surface area contributed by atoms with E-state index in [1.807, 2.05) is 40.1 Å². The summed E-state index contributed by atoms with van der Waals surface area (Å²) in [5, 5.41) is 2.93. The quantitative estimate of drug-likeness (QED) is 0.207. The highest BCUT2D eigenvalue weighted by atomic mass is 19.4. The summed E-state index contributed by atoms with van der Waals surface area (Å²) in [5.41, 5.74) is 14.2. The van der Waals surface area contributed by atoms with Crippen molar-refractivity contribution >= 4 is 29.1 Å². The molecule has 0 aromatic heterocycles. The standard InChI is InChI=1S/C28H25F3N2O2.C14H19N2O/c29-28(30,31)22-11-8-18(9-12-22)24-6-1-2-7-25(24)26(34)32-23-13-10-21-17-33(15-14-20(21)16-23)27(35)19-4-3-5-19;1-2-3-4-14(17)16-8-7-11-9-13(15)6-5-12(11)10-16/h1-2,6-13,16,19H,3-5,14-15,17H2,(H,32,34);5-6,9,15H,2-4,7-8,10H2,1H3/q;-1. The number of fused-ring (bicyclic) bond motifs is 2. The molecule has 4 aromatic rings. The van der Waals surface area contributed by atoms with Gasteiger partial charge in [-0.1, -0.05) is 74.4 Å². The molecular formula is C42H44F3N4O3-. The lowest BCUT2D eigenvalue weighted by molar-refractivity contribution is -0.139. The molecule has 0 unspecified atom stereocenters. The van der Waals surface area contributed by atoms with Crippen molar-refractivity contribution in [2.24, 2.45) is 5.92 Å². The number of hydrogen-bond donors (Lipinski definition) is 1. The number of hydrogen-bond acceptors (Lipinski definition) is 3. The fourth-order valence-electron chi connectivity index (χ4n) is 6.95. The van der Waals surface area contributed by atoms with E-state index >= 15 is 0 Å². The van der Waals surface area contributed by atoms with Gasteiger partial charge in [-0.15, -0.1) is 5.69 Å². The van der Waals surface area contributed by atoms with E-state index in [-0.39, 0.29) is 23.6 Å². The largest absolute Gasteiger partial charge is 0.699 e. The van der Waals surface area contributed by atoms with Crippen molar-refractivity contribution < 1.29 is 27.6 Å². The van der Waals surface area contributed by atoms with Crippen molar-refractivity contribution in [3.8, 4) is 11.1 Å². The Kier molecular flexibility index (Phi) is 11.3. The first kappa shape index (κ1) is 36.7. The smallest absolute Gasteiger partial charge is 0.416 e. The Balaban J connectivity index is 0.000000229. The van der Waals surface area contributed by atoms with Crippen LogP contribution >= 0.6 is 0 Å². The number of amides is 3. The van der Waals surface area contributed by atoms with Crippen LogP contribution in [0.25, 0.3) is 16.9 Å². The number of unbranched alkanes of at least 4 members (excludes halogenated alkanes) is 1. The molecular weight excluding hydrogens is 665 g/mol. The van der Waals surface area contributed by atoms with Gasteiger partial charge in [-0.3, -0.25) is 14.4 Å². The minimum Gasteiger partial charge on any atom is -0.699 e. The molecule has 1 saturated carbocycles. The summed E-state index contributed by atoms with van der Waals surface area (Å²) >= 11 is 0. The number of alkyl halides is 3. The molecule has 4 aromatic carbocycles. The molecule has 2 heterocycles. The van der Waals surface area contributed by atoms with Crippen LogP contribution in [0.1, 0.15) is 83.6 Å². The van der Waals surface area contributed by atoms with Crippen LogP contribution in [0.5, 0.6) is 0 Å². The maximum atomic E-state index is 13.1. The van der Waals surface area contributed by atoms with E-state index in [4.69, 9.17) is 5.73 Å². The number of anilines is 1. The van der Waals surface area contributed by atoms with E-state index < -0.39 is 11.7 Å². The van der Waals surface area contributed by atoms with Crippen LogP contribution in [-0.4, -0.2) is 40.6 Å². The highest BCUT2D eigenvalue weighted by Crippen LogP contribution is 2.33. The maximum absolute atomic E-state index is 13.1. The summed E-state index contributed by atoms with van der Waals surface area (Å²) in [6, 6.07) is 23.1. The van der Waals surface area contributed by atoms with Gasteiger partial charge < -0.3 is 20.9 Å². The molecule has 10 heteroatoms. The van der Waals surface area contributed by atoms with E-state index in [1.54, 1.807) is 30.3 Å². The van der Waals surface area contributed by atoms with Crippen molar-refractivity contribution in [3.05, 3.63) is 124 Å². The summed E-state index contributed by atoms with van der Waals surface area (Å²) < 4.78 is 38.8. The number of rotatable bonds is 7. The van der Waals surface area contributed by atoms with Crippen molar-refractivity contribution in [1.29, 1.82) is 0 Å². The van der Waals surface area contributed by atoms with Gasteiger partial charge in [0.15, 0.2) is 0 Å². The van der Waals surface area contributed by atoms with Gasteiger partial charge in [0.2, 0.25) is 11.8 Å². The van der Waals surface area contributed by atoms with Gasteiger partial charge in [0.1, 0.15) is 0 Å². The summed E-state index contributed by atoms with van der Waals surface area (Å²) in [4.78, 5) is 41.5. The van der Waals surface area contributed by atoms with Crippen LogP contribution in [0, 0.1) is 5.92 Å². The lowest BCUT2D eigenvalue weighted by Crippen LogP contribution is -2.41. The molecule has 52 heavy (non-hydrogen) atoms. The first-order valence-corrected chi connectivity index (χ1v) is 18.1. The minimum absolute atomic E-state index is 0.180. The molecule has 2 N–H and O–H groups in total. The second-order valence-corrected chi connectivity index (χ2v) is 13.8. The Labute approximate surface area is 303 Å². The van der Waals surface area contributed by atoms with Gasteiger partial charge in [-0.2, -0.15) is 13.2 Å². The molecule has 3 amide bonds. The molecule has 0 saturated heterocycles. The van der Waals surface area contributed by atoms with Crippen LogP contribution in [0.3, 0.4) is 0 Å². The van der Waals surface area contributed by atoms with Crippen molar-refractivity contribution in [1.82, 2.24) is 9.80 Å². The van der Waals surface area contributed by atoms with Crippen LogP contribution < -0.4 is 5.32 Å². The second-order valence-electron chi connectivity index (χ2n) is 13.8. The van der Waals surface area contributed by atoms with Crippen molar-refractivity contribution in [2.75, 3.05) is 18.4 Å². The summed E-state index contributed by atoms with van der Waals surface area (Å²) in [7, 11) is 0. The average molecular weight is 710 g/mol. The number of carbonyl (C=O) groups excluding carboxylic acids is 3. The first-order chi connectivity index (χ1) is 25.0. The van der Waals surface area contributed by atoms with Gasteiger partial charge in [0.25, 0.3) is 5.91 Å². The first-order valence-electron chi connectivity index (χ1n) is 18.1. The molecule has 0 bridgehead atoms. The van der Waals surface area contributed by atoms with E-state index in [2.05, 4.69) is 12.2 Å². The zero-order chi connectivity index (χ0) is 36.8. The van der Waals surface area contributed by atoms with Gasteiger partial charge >= 0.3 is 6.18 Å². The van der Waals surface area contributed by atoms with Gasteiger partial charge in [0.05, 0.1) is 5.56 Å². The lowest BCUT2D eigenvalue weighted by atomic mass is 9.83. The molecule has 1 fully saturated rings. The van der Waals surface area contributed by atoms with Crippen molar-refractivity contribution in [3.63, 3.8) is 0 Å². The Morgan fingerprint density at radius 3 is 2.13 bits per heavy atom. The third-order valence-corrected chi connectivity index (χ3v) is 10.3. The fraction of sp³-hybridized carbons (Fsp3) is 0.357. The fourth-order valence-corrected chi connectivity index (χ4v) is 6.95. The van der Waals surface area contributed by atoms with Crippen LogP contribution in [0.2, 0.25) is 0 Å². The third kappa shape index (κ3) is 8.66. The van der Waals surface area contributed by atoms with Crippen molar-refractivity contribution in [2.45, 2.75) is 77.6 Å². The zero-order valence-corrected chi connectivity index (χ0v) is 29.4. The predicted molar refractivity (Wildman–Crippen MR) is 197 cm³/mol. The van der Waals surface area contributed by atoms with E-state index in [0.29, 0.717) is 47.6 Å². The highest BCUT2D eigenvalue weighted by Gasteiger charge is 2.32. The molecule has 3 aliphatic rings. The van der Waals surface area contributed by atoms with Crippen LogP contribution in [0.4, 0.5) is 24.5 Å². The molecule has 0 atom stereocenters. The second kappa shape index (κ2) is 16.0. The Morgan fingerprint density at radius 2 is 1.46 bits per heavy atom. The minimum atomic E-state index is -4.41. The lowest BCUT2D eigenvalue weighted by Gasteiger charge is -2.35. The topological polar surface area (TPSA) is 93.5 Å². The average Bonchev–Trinajstić information content (AvgIpc) is 3.12. The number of halogens is 3. The summed E-state index contributed by atoms with van der Waals surface area (Å²) in [5.74, 6) is 0.365. The van der Waals surface area contributed by atoms with E-state index in [9.17, 15) is 27.6 Å². The molecule has 7 rings (SSSR count). The number of carbonyl (C=O) groups is 3. The monoisotopic (exact) mass is 709 g/mol. The molecule has 7 nitrogen and oxygen atoms in total. The molecule has 1 aliphatic carbocycles. The molecule has 272 valence electrons. The Hall–Kier alpha value is -5.12. The number of nitrogens with one attached hydrogen (secondary N) is 2. The SMILES string of the molecule is CCCCC(=O)N1CCc2cc([NH-])ccc2C1.O=C(Nc1ccc2c(c1)CCN(C(=O)C1CCC1)C2)c1ccccc1-c1ccc(C(F)(F)F)cc1. The third-order valence-electron chi connectivity index (χ3n) is 10.3. The molecule has 0 radical (unpaired) electrons. The highest BCUT2D eigenvalue weighted by molar-refractivity contribution is 6.08. The predicted octanol–water partition coefficient (Wildman–Crippen LogP) is 9.75. The van der Waals surface area contributed by atoms with E-state index in [0.717, 1.165) is 81.3 Å². The summed E-state index contributed by atoms with van der Waals surface area (Å²) in [6.07, 6.45) is 3.03. The summed E-state index contributed by atoms with van der Waals surface area (Å²) in [6.45, 7) is 4.90. The van der Waals surface area contributed by atoms with Gasteiger partial charge in [0, 0.05) is 49.8 Å². The Morgan fingerprint density at radius 1 is 0.808 bits per heavy atom. The van der Waals surface area contributed by atoms with Crippen LogP contribution in [0.15, 0.2) is 84.9 Å². The molecule has 0 spiro atoms. The normalized spacial score (nSPS) is 15.4. The number of benzene rings is 4. The van der Waals surface area contributed by atoms with Gasteiger partial charge in [-0.25, -0.2) is 0 Å². The van der Waals surface area contributed by atoms with Gasteiger partial charge in [-0.05, 0) is 95.8 Å². The molecule has 2 aliphatic heterocycles. The Bertz CT molecular complexity index is 1920. The zero-order valence-electron chi connectivity index (χ0n) is 29.4. The number of nitrogens with zero attached hydrogens (tertiary/aromatic N) is 2.